The molecule has 1 aliphatic rings. The van der Waals surface area contributed by atoms with Gasteiger partial charge >= 0.3 is 0 Å². The summed E-state index contributed by atoms with van der Waals surface area (Å²) in [5.74, 6) is 0.543. The van der Waals surface area contributed by atoms with Gasteiger partial charge in [-0.15, -0.1) is 0 Å². The van der Waals surface area contributed by atoms with Crippen LogP contribution < -0.4 is 10.6 Å². The van der Waals surface area contributed by atoms with Gasteiger partial charge in [0.25, 0.3) is 0 Å². The van der Waals surface area contributed by atoms with E-state index in [1.807, 2.05) is 25.4 Å². The summed E-state index contributed by atoms with van der Waals surface area (Å²) in [6, 6.07) is 3.75. The van der Waals surface area contributed by atoms with Gasteiger partial charge in [-0.25, -0.2) is 4.98 Å². The maximum atomic E-state index is 12.4. The number of hydrogen-bond donors (Lipinski definition) is 2. The Morgan fingerprint density at radius 3 is 2.84 bits per heavy atom. The van der Waals surface area contributed by atoms with Crippen molar-refractivity contribution in [2.45, 2.75) is 25.3 Å². The van der Waals surface area contributed by atoms with Crippen LogP contribution in [-0.4, -0.2) is 38.2 Å². The molecule has 3 aromatic heterocycles. The summed E-state index contributed by atoms with van der Waals surface area (Å²) in [7, 11) is 1.88. The third-order valence-electron chi connectivity index (χ3n) is 4.48. The van der Waals surface area contributed by atoms with Gasteiger partial charge in [-0.2, -0.15) is 5.10 Å². The molecule has 7 nitrogen and oxygen atoms in total. The van der Waals surface area contributed by atoms with E-state index >= 15 is 0 Å². The highest BCUT2D eigenvalue weighted by Crippen LogP contribution is 2.23. The second kappa shape index (κ2) is 6.60. The number of carbonyl (C=O) groups excluding carboxylic acids is 1. The van der Waals surface area contributed by atoms with Crippen molar-refractivity contribution in [3.8, 4) is 11.3 Å². The van der Waals surface area contributed by atoms with Gasteiger partial charge in [0, 0.05) is 36.6 Å². The van der Waals surface area contributed by atoms with Crippen LogP contribution in [0.4, 0.5) is 5.82 Å². The zero-order valence-corrected chi connectivity index (χ0v) is 14.1. The number of pyridine rings is 2. The summed E-state index contributed by atoms with van der Waals surface area (Å²) >= 11 is 0. The molecular weight excluding hydrogens is 316 g/mol. The lowest BCUT2D eigenvalue weighted by Gasteiger charge is -2.22. The van der Waals surface area contributed by atoms with Crippen molar-refractivity contribution in [2.75, 3.05) is 11.9 Å². The Morgan fingerprint density at radius 2 is 2.08 bits per heavy atom. The first-order valence-electron chi connectivity index (χ1n) is 8.48. The molecule has 0 spiro atoms. The fourth-order valence-corrected chi connectivity index (χ4v) is 3.11. The summed E-state index contributed by atoms with van der Waals surface area (Å²) in [4.78, 5) is 21.2. The number of rotatable bonds is 3. The number of piperidine rings is 1. The van der Waals surface area contributed by atoms with Crippen LogP contribution in [0.2, 0.25) is 0 Å². The summed E-state index contributed by atoms with van der Waals surface area (Å²) in [5.41, 5.74) is 1.80. The molecule has 25 heavy (non-hydrogen) atoms. The first kappa shape index (κ1) is 15.7. The molecule has 1 saturated heterocycles. The topological polar surface area (TPSA) is 84.7 Å². The van der Waals surface area contributed by atoms with E-state index in [-0.39, 0.29) is 11.9 Å². The monoisotopic (exact) mass is 336 g/mol. The number of hydrogen-bond acceptors (Lipinski definition) is 5. The van der Waals surface area contributed by atoms with Gasteiger partial charge in [-0.3, -0.25) is 14.5 Å². The van der Waals surface area contributed by atoms with Crippen molar-refractivity contribution in [3.63, 3.8) is 0 Å². The fraction of sp³-hybridized carbons (Fsp3) is 0.333. The molecule has 4 heterocycles. The van der Waals surface area contributed by atoms with Gasteiger partial charge in [0.05, 0.1) is 17.9 Å². The second-order valence-electron chi connectivity index (χ2n) is 6.38. The summed E-state index contributed by atoms with van der Waals surface area (Å²) < 4.78 is 1.75. The van der Waals surface area contributed by atoms with Crippen molar-refractivity contribution < 1.29 is 4.79 Å². The maximum Gasteiger partial charge on any atom is 0.242 e. The number of nitrogens with zero attached hydrogens (tertiary/aromatic N) is 4. The fourth-order valence-electron chi connectivity index (χ4n) is 3.11. The molecule has 0 bridgehead atoms. The van der Waals surface area contributed by atoms with Crippen molar-refractivity contribution in [3.05, 3.63) is 36.9 Å². The van der Waals surface area contributed by atoms with E-state index in [1.54, 1.807) is 23.3 Å². The minimum absolute atomic E-state index is 0.0203. The largest absolute Gasteiger partial charge is 0.309 e. The minimum Gasteiger partial charge on any atom is -0.309 e. The Kier molecular flexibility index (Phi) is 4.15. The molecule has 0 radical (unpaired) electrons. The summed E-state index contributed by atoms with van der Waals surface area (Å²) in [6.07, 6.45) is 10.3. The van der Waals surface area contributed by atoms with Gasteiger partial charge in [-0.05, 0) is 36.9 Å². The highest BCUT2D eigenvalue weighted by molar-refractivity contribution is 5.96. The standard InChI is InChI=1S/C18H20N6O/c1-24-11-14(10-22-24)16-6-12-7-17(21-9-13(12)8-20-16)23-18(25)15-4-2-3-5-19-15/h6-11,15,19H,2-5H2,1H3,(H,21,23,25)/t15-/m0/s1. The molecule has 4 rings (SSSR count). The Morgan fingerprint density at radius 1 is 1.20 bits per heavy atom. The predicted molar refractivity (Wildman–Crippen MR) is 96.0 cm³/mol. The van der Waals surface area contributed by atoms with Crippen LogP contribution in [-0.2, 0) is 11.8 Å². The molecule has 1 atom stereocenters. The van der Waals surface area contributed by atoms with Crippen LogP contribution >= 0.6 is 0 Å². The SMILES string of the molecule is Cn1cc(-c2cc3cc(NC(=O)[C@@H]4CCCCN4)ncc3cn2)cn1. The van der Waals surface area contributed by atoms with E-state index in [4.69, 9.17) is 0 Å². The number of amides is 1. The molecular formula is C18H20N6O. The molecule has 7 heteroatoms. The highest BCUT2D eigenvalue weighted by atomic mass is 16.2. The average Bonchev–Trinajstić information content (AvgIpc) is 3.08. The molecule has 1 aliphatic heterocycles. The molecule has 0 aromatic carbocycles. The third kappa shape index (κ3) is 3.36. The summed E-state index contributed by atoms with van der Waals surface area (Å²) in [6.45, 7) is 0.892. The lowest BCUT2D eigenvalue weighted by Crippen LogP contribution is -2.43. The molecule has 3 aromatic rings. The number of aryl methyl sites for hydroxylation is 1. The first-order valence-corrected chi connectivity index (χ1v) is 8.48. The van der Waals surface area contributed by atoms with Crippen LogP contribution in [0.3, 0.4) is 0 Å². The zero-order chi connectivity index (χ0) is 17.2. The van der Waals surface area contributed by atoms with Crippen molar-refractivity contribution in [2.24, 2.45) is 7.05 Å². The second-order valence-corrected chi connectivity index (χ2v) is 6.38. The third-order valence-corrected chi connectivity index (χ3v) is 4.48. The van der Waals surface area contributed by atoms with Crippen molar-refractivity contribution in [1.82, 2.24) is 25.1 Å². The number of fused-ring (bicyclic) bond motifs is 1. The molecule has 2 N–H and O–H groups in total. The van der Waals surface area contributed by atoms with Crippen molar-refractivity contribution in [1.29, 1.82) is 0 Å². The molecule has 0 aliphatic carbocycles. The quantitative estimate of drug-likeness (QED) is 0.765. The van der Waals surface area contributed by atoms with Gasteiger partial charge in [0.1, 0.15) is 5.82 Å². The van der Waals surface area contributed by atoms with Crippen LogP contribution in [0.5, 0.6) is 0 Å². The molecule has 1 fully saturated rings. The van der Waals surface area contributed by atoms with E-state index in [0.717, 1.165) is 47.8 Å². The van der Waals surface area contributed by atoms with Gasteiger partial charge in [0.15, 0.2) is 0 Å². The van der Waals surface area contributed by atoms with Crippen LogP contribution in [0.15, 0.2) is 36.9 Å². The Hall–Kier alpha value is -2.80. The van der Waals surface area contributed by atoms with E-state index in [1.165, 1.54) is 0 Å². The Balaban J connectivity index is 1.59. The van der Waals surface area contributed by atoms with E-state index in [0.29, 0.717) is 5.82 Å². The van der Waals surface area contributed by atoms with E-state index in [2.05, 4.69) is 25.7 Å². The molecule has 0 unspecified atom stereocenters. The van der Waals surface area contributed by atoms with Crippen LogP contribution in [0.25, 0.3) is 22.0 Å². The molecule has 1 amide bonds. The van der Waals surface area contributed by atoms with Gasteiger partial charge in [0.2, 0.25) is 5.91 Å². The minimum atomic E-state index is -0.130. The maximum absolute atomic E-state index is 12.4. The lowest BCUT2D eigenvalue weighted by atomic mass is 10.0. The van der Waals surface area contributed by atoms with E-state index < -0.39 is 0 Å². The Bertz CT molecular complexity index is 913. The first-order chi connectivity index (χ1) is 12.2. The average molecular weight is 336 g/mol. The number of nitrogens with one attached hydrogen (secondary N) is 2. The van der Waals surface area contributed by atoms with Crippen LogP contribution in [0.1, 0.15) is 19.3 Å². The lowest BCUT2D eigenvalue weighted by molar-refractivity contribution is -0.118. The molecule has 128 valence electrons. The number of carbonyl (C=O) groups is 1. The van der Waals surface area contributed by atoms with Gasteiger partial charge in [-0.1, -0.05) is 6.42 Å². The van der Waals surface area contributed by atoms with E-state index in [9.17, 15) is 4.79 Å². The number of anilines is 1. The smallest absolute Gasteiger partial charge is 0.242 e. The zero-order valence-electron chi connectivity index (χ0n) is 14.1. The van der Waals surface area contributed by atoms with Gasteiger partial charge < -0.3 is 10.6 Å². The summed E-state index contributed by atoms with van der Waals surface area (Å²) in [5, 5.41) is 12.3. The normalized spacial score (nSPS) is 17.6. The highest BCUT2D eigenvalue weighted by Gasteiger charge is 2.20. The van der Waals surface area contributed by atoms with Crippen molar-refractivity contribution >= 4 is 22.5 Å². The predicted octanol–water partition coefficient (Wildman–Crippen LogP) is 2.11. The molecule has 0 saturated carbocycles. The number of aromatic nitrogens is 4. The Labute approximate surface area is 145 Å². The van der Waals surface area contributed by atoms with Crippen LogP contribution in [0, 0.1) is 0 Å².